The van der Waals surface area contributed by atoms with Gasteiger partial charge in [-0.1, -0.05) is 24.3 Å². The number of ether oxygens (including phenoxy) is 1. The van der Waals surface area contributed by atoms with Crippen LogP contribution in [0.25, 0.3) is 0 Å². The Morgan fingerprint density at radius 3 is 2.68 bits per heavy atom. The summed E-state index contributed by atoms with van der Waals surface area (Å²) in [4.78, 5) is 24.6. The number of hydrogen-bond acceptors (Lipinski definition) is 4. The molecule has 0 aliphatic heterocycles. The lowest BCUT2D eigenvalue weighted by Gasteiger charge is -2.34. The molecule has 0 aromatic carbocycles. The van der Waals surface area contributed by atoms with Crippen molar-refractivity contribution in [2.75, 3.05) is 6.61 Å². The molecule has 136 valence electrons. The van der Waals surface area contributed by atoms with Crippen LogP contribution in [0.1, 0.15) is 29.9 Å². The van der Waals surface area contributed by atoms with Crippen LogP contribution in [0.2, 0.25) is 0 Å². The zero-order valence-electron chi connectivity index (χ0n) is 13.9. The molecule has 1 aromatic rings. The molecule has 9 heteroatoms. The molecule has 1 aliphatic rings. The number of nitrogens with one attached hydrogen (secondary N) is 1. The smallest absolute Gasteiger partial charge is 0.435 e. The maximum atomic E-state index is 13.0. The van der Waals surface area contributed by atoms with Crippen molar-refractivity contribution in [3.05, 3.63) is 41.8 Å². The summed E-state index contributed by atoms with van der Waals surface area (Å²) in [6.45, 7) is 3.33. The number of alkyl halides is 3. The third-order valence-electron chi connectivity index (χ3n) is 3.77. The molecule has 1 aliphatic carbocycles. The van der Waals surface area contributed by atoms with E-state index >= 15 is 0 Å². The first-order valence-electron chi connectivity index (χ1n) is 7.54. The lowest BCUT2D eigenvalue weighted by atomic mass is 9.82. The predicted molar refractivity (Wildman–Crippen MR) is 82.5 cm³/mol. The van der Waals surface area contributed by atoms with Crippen LogP contribution in [0.4, 0.5) is 13.2 Å². The lowest BCUT2D eigenvalue weighted by molar-refractivity contribution is -0.148. The molecule has 0 fully saturated rings. The summed E-state index contributed by atoms with van der Waals surface area (Å²) in [5.41, 5.74) is -3.11. The quantitative estimate of drug-likeness (QED) is 0.839. The second kappa shape index (κ2) is 6.73. The average molecular weight is 357 g/mol. The van der Waals surface area contributed by atoms with Crippen LogP contribution in [0.15, 0.2) is 30.5 Å². The summed E-state index contributed by atoms with van der Waals surface area (Å²) in [5, 5.41) is 5.81. The Labute approximate surface area is 142 Å². The Morgan fingerprint density at radius 1 is 1.40 bits per heavy atom. The molecule has 6 nitrogen and oxygen atoms in total. The Bertz CT molecular complexity index is 737. The summed E-state index contributed by atoms with van der Waals surface area (Å²) in [7, 11) is 1.29. The molecule has 2 unspecified atom stereocenters. The Morgan fingerprint density at radius 2 is 2.08 bits per heavy atom. The average Bonchev–Trinajstić information content (AvgIpc) is 2.90. The van der Waals surface area contributed by atoms with Gasteiger partial charge in [-0.2, -0.15) is 18.3 Å². The Balaban J connectivity index is 2.31. The third kappa shape index (κ3) is 3.92. The van der Waals surface area contributed by atoms with E-state index in [1.54, 1.807) is 19.1 Å². The van der Waals surface area contributed by atoms with Gasteiger partial charge in [0.25, 0.3) is 5.91 Å². The van der Waals surface area contributed by atoms with E-state index in [2.05, 4.69) is 10.4 Å². The van der Waals surface area contributed by atoms with Crippen molar-refractivity contribution < 1.29 is 27.5 Å². The van der Waals surface area contributed by atoms with Gasteiger partial charge >= 0.3 is 12.1 Å². The molecule has 1 heterocycles. The van der Waals surface area contributed by atoms with Crippen LogP contribution < -0.4 is 5.32 Å². The number of esters is 1. The Hall–Kier alpha value is -2.58. The number of rotatable bonds is 4. The van der Waals surface area contributed by atoms with Crippen molar-refractivity contribution in [1.29, 1.82) is 0 Å². The van der Waals surface area contributed by atoms with Gasteiger partial charge in [0.1, 0.15) is 5.92 Å². The second-order valence-corrected chi connectivity index (χ2v) is 5.77. The van der Waals surface area contributed by atoms with E-state index in [1.165, 1.54) is 26.1 Å². The molecule has 0 spiro atoms. The maximum absolute atomic E-state index is 13.0. The summed E-state index contributed by atoms with van der Waals surface area (Å²) in [6, 6.07) is 0. The molecule has 2 rings (SSSR count). The number of hydrogen-bond donors (Lipinski definition) is 1. The van der Waals surface area contributed by atoms with Gasteiger partial charge < -0.3 is 10.1 Å². The third-order valence-corrected chi connectivity index (χ3v) is 3.77. The minimum atomic E-state index is -4.77. The number of amides is 1. The molecular formula is C16H18F3N3O3. The highest BCUT2D eigenvalue weighted by Gasteiger charge is 2.43. The van der Waals surface area contributed by atoms with Gasteiger partial charge in [-0.3, -0.25) is 14.3 Å². The Kier molecular flexibility index (Phi) is 5.05. The molecule has 25 heavy (non-hydrogen) atoms. The molecule has 0 saturated heterocycles. The molecule has 0 radical (unpaired) electrons. The molecule has 0 bridgehead atoms. The fourth-order valence-corrected chi connectivity index (χ4v) is 2.59. The first-order chi connectivity index (χ1) is 11.6. The normalized spacial score (nSPS) is 22.7. The zero-order chi connectivity index (χ0) is 18.8. The van der Waals surface area contributed by atoms with Crippen LogP contribution in [0.3, 0.4) is 0 Å². The van der Waals surface area contributed by atoms with Crippen LogP contribution in [0.5, 0.6) is 0 Å². The van der Waals surface area contributed by atoms with E-state index in [1.807, 2.05) is 0 Å². The summed E-state index contributed by atoms with van der Waals surface area (Å²) < 4.78 is 45.0. The largest absolute Gasteiger partial charge is 0.465 e. The van der Waals surface area contributed by atoms with Crippen molar-refractivity contribution in [3.8, 4) is 0 Å². The standard InChI is InChI=1S/C16H18F3N3O3/c1-4-25-14(24)11-7-5-6-8-15(11,2)20-13(23)10-9-22(3)21-12(10)16(17,18)19/h5-9,11H,4H2,1-3H3,(H,20,23). The highest BCUT2D eigenvalue weighted by Crippen LogP contribution is 2.32. The fourth-order valence-electron chi connectivity index (χ4n) is 2.59. The van der Waals surface area contributed by atoms with Gasteiger partial charge in [0.2, 0.25) is 0 Å². The molecule has 1 N–H and O–H groups in total. The van der Waals surface area contributed by atoms with Gasteiger partial charge in [0.05, 0.1) is 17.7 Å². The van der Waals surface area contributed by atoms with E-state index in [4.69, 9.17) is 4.74 Å². The van der Waals surface area contributed by atoms with Gasteiger partial charge in [-0.05, 0) is 13.8 Å². The monoisotopic (exact) mass is 357 g/mol. The van der Waals surface area contributed by atoms with E-state index in [0.29, 0.717) is 0 Å². The number of aromatic nitrogens is 2. The van der Waals surface area contributed by atoms with Gasteiger partial charge in [0.15, 0.2) is 5.69 Å². The number of allylic oxidation sites excluding steroid dienone is 2. The SMILES string of the molecule is CCOC(=O)C1C=CC=CC1(C)NC(=O)c1cn(C)nc1C(F)(F)F. The number of nitrogens with zero attached hydrogens (tertiary/aromatic N) is 2. The minimum absolute atomic E-state index is 0.151. The first-order valence-corrected chi connectivity index (χ1v) is 7.54. The molecule has 0 saturated carbocycles. The van der Waals surface area contributed by atoms with Gasteiger partial charge in [-0.15, -0.1) is 0 Å². The van der Waals surface area contributed by atoms with E-state index in [9.17, 15) is 22.8 Å². The highest BCUT2D eigenvalue weighted by molar-refractivity contribution is 5.96. The van der Waals surface area contributed by atoms with Gasteiger partial charge in [-0.25, -0.2) is 0 Å². The number of halogens is 3. The first kappa shape index (κ1) is 18.8. The van der Waals surface area contributed by atoms with Crippen molar-refractivity contribution in [1.82, 2.24) is 15.1 Å². The highest BCUT2D eigenvalue weighted by atomic mass is 19.4. The van der Waals surface area contributed by atoms with Crippen molar-refractivity contribution in [2.24, 2.45) is 13.0 Å². The molecular weight excluding hydrogens is 339 g/mol. The van der Waals surface area contributed by atoms with Crippen LogP contribution in [-0.2, 0) is 22.8 Å². The molecule has 2 atom stereocenters. The van der Waals surface area contributed by atoms with E-state index in [-0.39, 0.29) is 6.61 Å². The maximum Gasteiger partial charge on any atom is 0.435 e. The topological polar surface area (TPSA) is 73.2 Å². The fraction of sp³-hybridized carbons (Fsp3) is 0.438. The van der Waals surface area contributed by atoms with Crippen molar-refractivity contribution in [2.45, 2.75) is 25.6 Å². The van der Waals surface area contributed by atoms with Crippen LogP contribution >= 0.6 is 0 Å². The predicted octanol–water partition coefficient (Wildman–Crippen LogP) is 2.23. The van der Waals surface area contributed by atoms with Crippen LogP contribution in [0, 0.1) is 5.92 Å². The number of carbonyl (C=O) groups excluding carboxylic acids is 2. The zero-order valence-corrected chi connectivity index (χ0v) is 13.9. The number of carbonyl (C=O) groups is 2. The number of aryl methyl sites for hydroxylation is 1. The van der Waals surface area contributed by atoms with E-state index < -0.39 is 40.8 Å². The van der Waals surface area contributed by atoms with Gasteiger partial charge in [0, 0.05) is 13.2 Å². The summed E-state index contributed by atoms with van der Waals surface area (Å²) >= 11 is 0. The summed E-state index contributed by atoms with van der Waals surface area (Å²) in [6.07, 6.45) is 2.51. The summed E-state index contributed by atoms with van der Waals surface area (Å²) in [5.74, 6) is -2.40. The second-order valence-electron chi connectivity index (χ2n) is 5.77. The van der Waals surface area contributed by atoms with Crippen LogP contribution in [-0.4, -0.2) is 33.8 Å². The minimum Gasteiger partial charge on any atom is -0.465 e. The van der Waals surface area contributed by atoms with Crippen molar-refractivity contribution >= 4 is 11.9 Å². The molecule has 1 amide bonds. The van der Waals surface area contributed by atoms with E-state index in [0.717, 1.165) is 10.9 Å². The molecule has 1 aromatic heterocycles. The van der Waals surface area contributed by atoms with Crippen molar-refractivity contribution in [3.63, 3.8) is 0 Å². The lowest BCUT2D eigenvalue weighted by Crippen LogP contribution is -2.53.